The molecular weight excluding hydrogens is 368 g/mol. The number of benzene rings is 1. The summed E-state index contributed by atoms with van der Waals surface area (Å²) in [4.78, 5) is 23.4. The fourth-order valence-electron chi connectivity index (χ4n) is 4.00. The molecule has 1 aliphatic carbocycles. The van der Waals surface area contributed by atoms with Crippen molar-refractivity contribution in [2.24, 2.45) is 11.8 Å². The molecule has 1 fully saturated rings. The number of Topliss-reactive ketones (excluding diaryl/α,β-unsaturated/α-hetero) is 1. The first-order valence-corrected chi connectivity index (χ1v) is 11.4. The van der Waals surface area contributed by atoms with Crippen molar-refractivity contribution in [1.82, 2.24) is 0 Å². The molecule has 0 spiro atoms. The predicted octanol–water partition coefficient (Wildman–Crippen LogP) is 6.27. The Morgan fingerprint density at radius 1 is 1.11 bits per heavy atom. The van der Waals surface area contributed by atoms with Gasteiger partial charge in [0.05, 0.1) is 0 Å². The van der Waals surface area contributed by atoms with Crippen molar-refractivity contribution >= 4 is 28.5 Å². The highest BCUT2D eigenvalue weighted by Crippen LogP contribution is 2.36. The predicted molar refractivity (Wildman–Crippen MR) is 118 cm³/mol. The Labute approximate surface area is 172 Å². The summed E-state index contributed by atoms with van der Waals surface area (Å²) in [6.07, 6.45) is 7.65. The third-order valence-electron chi connectivity index (χ3n) is 5.74. The maximum atomic E-state index is 11.8. The van der Waals surface area contributed by atoms with Gasteiger partial charge in [-0.1, -0.05) is 39.7 Å². The van der Waals surface area contributed by atoms with Crippen LogP contribution in [-0.2, 0) is 6.42 Å². The summed E-state index contributed by atoms with van der Waals surface area (Å²) in [6.45, 7) is 8.31. The number of thioether (sulfide) groups is 1. The molecule has 1 aliphatic rings. The van der Waals surface area contributed by atoms with Crippen LogP contribution in [0.15, 0.2) is 33.5 Å². The van der Waals surface area contributed by atoms with Crippen molar-refractivity contribution < 1.29 is 9.21 Å². The fraction of sp³-hybridized carbons (Fsp3) is 0.583. The van der Waals surface area contributed by atoms with Crippen LogP contribution in [-0.4, -0.2) is 16.3 Å². The summed E-state index contributed by atoms with van der Waals surface area (Å²) < 4.78 is 5.65. The molecule has 28 heavy (non-hydrogen) atoms. The van der Waals surface area contributed by atoms with Gasteiger partial charge in [-0.3, -0.25) is 4.79 Å². The molecule has 0 saturated heterocycles. The van der Waals surface area contributed by atoms with Gasteiger partial charge in [-0.15, -0.1) is 0 Å². The maximum absolute atomic E-state index is 11.8. The van der Waals surface area contributed by atoms with E-state index in [4.69, 9.17) is 4.42 Å². The smallest absolute Gasteiger partial charge is 0.347 e. The van der Waals surface area contributed by atoms with Gasteiger partial charge in [0, 0.05) is 10.1 Å². The number of rotatable bonds is 6. The summed E-state index contributed by atoms with van der Waals surface area (Å²) in [7, 11) is 0. The van der Waals surface area contributed by atoms with Crippen LogP contribution in [0.2, 0.25) is 0 Å². The van der Waals surface area contributed by atoms with Gasteiger partial charge in [0.2, 0.25) is 0 Å². The van der Waals surface area contributed by atoms with Gasteiger partial charge >= 0.3 is 5.63 Å². The zero-order valence-electron chi connectivity index (χ0n) is 17.5. The largest absolute Gasteiger partial charge is 0.422 e. The highest BCUT2D eigenvalue weighted by molar-refractivity contribution is 8.00. The number of hydrogen-bond donors (Lipinski definition) is 0. The summed E-state index contributed by atoms with van der Waals surface area (Å²) in [5, 5.41) is 0.838. The first-order chi connectivity index (χ1) is 13.2. The molecule has 0 unspecified atom stereocenters. The first kappa shape index (κ1) is 21.2. The second kappa shape index (κ2) is 8.86. The van der Waals surface area contributed by atoms with Gasteiger partial charge in [-0.25, -0.2) is 4.79 Å². The Bertz CT molecular complexity index is 883. The van der Waals surface area contributed by atoms with E-state index in [2.05, 4.69) is 38.6 Å². The van der Waals surface area contributed by atoms with Crippen LogP contribution in [0, 0.1) is 11.8 Å². The molecule has 0 radical (unpaired) electrons. The van der Waals surface area contributed by atoms with Gasteiger partial charge in [-0.2, -0.15) is 11.8 Å². The molecular formula is C24H32O3S. The molecule has 0 amide bonds. The zero-order valence-corrected chi connectivity index (χ0v) is 18.4. The number of carbonyl (C=O) groups excluding carboxylic acids is 1. The van der Waals surface area contributed by atoms with E-state index in [0.29, 0.717) is 10.3 Å². The molecule has 1 heterocycles. The minimum Gasteiger partial charge on any atom is -0.422 e. The average Bonchev–Trinajstić information content (AvgIpc) is 2.64. The third kappa shape index (κ3) is 5.73. The van der Waals surface area contributed by atoms with E-state index in [1.54, 1.807) is 6.07 Å². The Morgan fingerprint density at radius 3 is 2.43 bits per heavy atom. The van der Waals surface area contributed by atoms with E-state index in [0.717, 1.165) is 23.6 Å². The monoisotopic (exact) mass is 400 g/mol. The van der Waals surface area contributed by atoms with Gasteiger partial charge in [0.15, 0.2) is 5.78 Å². The van der Waals surface area contributed by atoms with Gasteiger partial charge in [-0.05, 0) is 74.0 Å². The van der Waals surface area contributed by atoms with Gasteiger partial charge in [0.1, 0.15) is 11.1 Å². The number of hydrogen-bond acceptors (Lipinski definition) is 4. The summed E-state index contributed by atoms with van der Waals surface area (Å²) in [5.41, 5.74) is 1.39. The highest BCUT2D eigenvalue weighted by atomic mass is 32.2. The van der Waals surface area contributed by atoms with Crippen molar-refractivity contribution in [2.45, 2.75) is 71.0 Å². The molecule has 1 saturated carbocycles. The van der Waals surface area contributed by atoms with Crippen LogP contribution >= 0.6 is 11.8 Å². The summed E-state index contributed by atoms with van der Waals surface area (Å²) in [5.74, 6) is 2.74. The second-order valence-electron chi connectivity index (χ2n) is 9.22. The van der Waals surface area contributed by atoms with Crippen LogP contribution in [0.1, 0.15) is 75.7 Å². The molecule has 3 rings (SSSR count). The number of fused-ring (bicyclic) bond motifs is 1. The molecule has 4 heteroatoms. The van der Waals surface area contributed by atoms with Gasteiger partial charge in [0.25, 0.3) is 0 Å². The summed E-state index contributed by atoms with van der Waals surface area (Å²) in [6, 6.07) is 7.64. The number of aryl methyl sites for hydroxylation is 1. The maximum Gasteiger partial charge on any atom is 0.347 e. The van der Waals surface area contributed by atoms with E-state index in [1.807, 2.05) is 12.1 Å². The minimum atomic E-state index is -0.547. The van der Waals surface area contributed by atoms with Crippen molar-refractivity contribution in [3.63, 3.8) is 0 Å². The highest BCUT2D eigenvalue weighted by Gasteiger charge is 2.23. The molecule has 1 aromatic carbocycles. The lowest BCUT2D eigenvalue weighted by atomic mass is 9.80. The Kier molecular flexibility index (Phi) is 6.69. The van der Waals surface area contributed by atoms with E-state index >= 15 is 0 Å². The number of ketones is 1. The van der Waals surface area contributed by atoms with Crippen LogP contribution in [0.3, 0.4) is 0 Å². The second-order valence-corrected chi connectivity index (χ2v) is 11.1. The Morgan fingerprint density at radius 2 is 1.79 bits per heavy atom. The fourth-order valence-corrected chi connectivity index (χ4v) is 5.07. The molecule has 0 atom stereocenters. The molecule has 152 valence electrons. The van der Waals surface area contributed by atoms with Crippen molar-refractivity contribution in [1.29, 1.82) is 0 Å². The lowest BCUT2D eigenvalue weighted by Crippen LogP contribution is -2.19. The normalized spacial score (nSPS) is 20.4. The van der Waals surface area contributed by atoms with E-state index in [1.165, 1.54) is 50.3 Å². The zero-order chi connectivity index (χ0) is 20.3. The SMILES string of the molecule is CC(=O)c1cc2cc(CCC3CCC(CSC(C)(C)C)CC3)ccc2oc1=O. The Balaban J connectivity index is 1.55. The lowest BCUT2D eigenvalue weighted by molar-refractivity contribution is 0.101. The van der Waals surface area contributed by atoms with Crippen LogP contribution in [0.25, 0.3) is 11.0 Å². The molecule has 1 aromatic heterocycles. The van der Waals surface area contributed by atoms with Crippen molar-refractivity contribution in [2.75, 3.05) is 5.75 Å². The van der Waals surface area contributed by atoms with E-state index < -0.39 is 5.63 Å². The standard InChI is InChI=1S/C24H32O3S/c1-16(25)21-14-20-13-18(11-12-22(20)27-23(21)26)8-5-17-6-9-19(10-7-17)15-28-24(2,3)4/h11-14,17,19H,5-10,15H2,1-4H3. The van der Waals surface area contributed by atoms with Crippen molar-refractivity contribution in [3.05, 3.63) is 45.8 Å². The summed E-state index contributed by atoms with van der Waals surface area (Å²) >= 11 is 2.10. The van der Waals surface area contributed by atoms with Gasteiger partial charge < -0.3 is 4.42 Å². The average molecular weight is 401 g/mol. The van der Waals surface area contributed by atoms with Crippen molar-refractivity contribution in [3.8, 4) is 0 Å². The third-order valence-corrected chi connectivity index (χ3v) is 7.24. The molecule has 0 aliphatic heterocycles. The topological polar surface area (TPSA) is 47.3 Å². The lowest BCUT2D eigenvalue weighted by Gasteiger charge is -2.30. The molecule has 3 nitrogen and oxygen atoms in total. The van der Waals surface area contributed by atoms with Crippen LogP contribution in [0.5, 0.6) is 0 Å². The van der Waals surface area contributed by atoms with Crippen LogP contribution < -0.4 is 5.63 Å². The van der Waals surface area contributed by atoms with E-state index in [9.17, 15) is 9.59 Å². The minimum absolute atomic E-state index is 0.135. The van der Waals surface area contributed by atoms with Crippen LogP contribution in [0.4, 0.5) is 0 Å². The molecule has 0 bridgehead atoms. The first-order valence-electron chi connectivity index (χ1n) is 10.4. The van der Waals surface area contributed by atoms with E-state index in [-0.39, 0.29) is 11.3 Å². The Hall–Kier alpha value is -1.55. The quantitative estimate of drug-likeness (QED) is 0.424. The molecule has 2 aromatic rings. The molecule has 0 N–H and O–H groups in total. The number of carbonyl (C=O) groups is 1.